The number of cyclic esters (lactones) is 1. The number of sulfonamides is 1. The number of carbonyl (C=O) groups excluding carboxylic acids is 2. The van der Waals surface area contributed by atoms with E-state index in [1.807, 2.05) is 4.72 Å². The molecule has 0 fully saturated rings. The van der Waals surface area contributed by atoms with Crippen LogP contribution in [-0.2, 0) is 21.3 Å². The summed E-state index contributed by atoms with van der Waals surface area (Å²) in [5.74, 6) is -0.836. The largest absolute Gasteiger partial charge is 0.481 e. The van der Waals surface area contributed by atoms with E-state index >= 15 is 0 Å². The van der Waals surface area contributed by atoms with Gasteiger partial charge in [0, 0.05) is 5.39 Å². The number of para-hydroxylation sites is 1. The molecule has 13 heteroatoms. The van der Waals surface area contributed by atoms with Crippen molar-refractivity contribution >= 4 is 38.9 Å². The van der Waals surface area contributed by atoms with E-state index in [4.69, 9.17) is 14.2 Å². The number of benzene rings is 1. The number of esters is 1. The summed E-state index contributed by atoms with van der Waals surface area (Å²) in [6.07, 6.45) is 0. The van der Waals surface area contributed by atoms with Gasteiger partial charge in [-0.15, -0.1) is 0 Å². The number of hydrogen-bond donors (Lipinski definition) is 2. The number of carbonyl (C=O) groups is 2. The first kappa shape index (κ1) is 20.4. The fraction of sp³-hybridized carbons (Fsp3) is 0.222. The molecule has 0 atom stereocenters. The van der Waals surface area contributed by atoms with E-state index in [1.165, 1.54) is 20.3 Å². The molecule has 162 valence electrons. The van der Waals surface area contributed by atoms with E-state index in [-0.39, 0.29) is 40.3 Å². The molecule has 0 saturated heterocycles. The molecule has 0 unspecified atom stereocenters. The highest BCUT2D eigenvalue weighted by Gasteiger charge is 2.35. The van der Waals surface area contributed by atoms with Gasteiger partial charge in [0.2, 0.25) is 17.7 Å². The Labute approximate surface area is 176 Å². The van der Waals surface area contributed by atoms with Gasteiger partial charge in [-0.2, -0.15) is 9.97 Å². The van der Waals surface area contributed by atoms with Crippen LogP contribution in [0.25, 0.3) is 10.9 Å². The molecule has 4 rings (SSSR count). The summed E-state index contributed by atoms with van der Waals surface area (Å²) in [5, 5.41) is 2.50. The van der Waals surface area contributed by atoms with Gasteiger partial charge in [-0.3, -0.25) is 5.32 Å². The van der Waals surface area contributed by atoms with Crippen molar-refractivity contribution in [2.75, 3.05) is 26.1 Å². The molecule has 31 heavy (non-hydrogen) atoms. The summed E-state index contributed by atoms with van der Waals surface area (Å²) in [6, 6.07) is 6.84. The zero-order valence-corrected chi connectivity index (χ0v) is 17.2. The molecule has 1 aliphatic rings. The maximum atomic E-state index is 13.1. The van der Waals surface area contributed by atoms with Crippen molar-refractivity contribution in [2.45, 2.75) is 11.4 Å². The number of aromatic nitrogens is 3. The first-order chi connectivity index (χ1) is 14.8. The SMILES string of the molecule is COc1cc(OC)nc(NC(=O)NS(=O)(=O)c2c3n(c4ccccc24)CCOC3=O)n1. The summed E-state index contributed by atoms with van der Waals surface area (Å²) in [6.45, 7) is 0.410. The Morgan fingerprint density at radius 2 is 1.84 bits per heavy atom. The molecule has 2 N–H and O–H groups in total. The minimum atomic E-state index is -4.47. The molecule has 0 bridgehead atoms. The number of amides is 2. The Bertz CT molecular complexity index is 1280. The molecule has 1 aromatic carbocycles. The normalized spacial score (nSPS) is 13.3. The minimum Gasteiger partial charge on any atom is -0.481 e. The highest BCUT2D eigenvalue weighted by molar-refractivity contribution is 7.90. The van der Waals surface area contributed by atoms with E-state index in [9.17, 15) is 18.0 Å². The highest BCUT2D eigenvalue weighted by Crippen LogP contribution is 2.32. The Morgan fingerprint density at radius 1 is 1.16 bits per heavy atom. The van der Waals surface area contributed by atoms with Gasteiger partial charge in [-0.1, -0.05) is 18.2 Å². The zero-order chi connectivity index (χ0) is 22.2. The van der Waals surface area contributed by atoms with Gasteiger partial charge in [-0.05, 0) is 6.07 Å². The lowest BCUT2D eigenvalue weighted by molar-refractivity contribution is 0.0419. The van der Waals surface area contributed by atoms with E-state index in [2.05, 4.69) is 15.3 Å². The second-order valence-corrected chi connectivity index (χ2v) is 7.94. The Morgan fingerprint density at radius 3 is 2.52 bits per heavy atom. The van der Waals surface area contributed by atoms with Crippen LogP contribution in [0.2, 0.25) is 0 Å². The van der Waals surface area contributed by atoms with Gasteiger partial charge in [0.1, 0.15) is 17.2 Å². The van der Waals surface area contributed by atoms with E-state index in [1.54, 1.807) is 28.8 Å². The number of rotatable bonds is 5. The van der Waals surface area contributed by atoms with Crippen LogP contribution in [0.5, 0.6) is 11.8 Å². The van der Waals surface area contributed by atoms with Crippen LogP contribution in [0, 0.1) is 0 Å². The molecule has 3 heterocycles. The molecule has 0 aliphatic carbocycles. The van der Waals surface area contributed by atoms with Crippen molar-refractivity contribution in [3.8, 4) is 11.8 Å². The van der Waals surface area contributed by atoms with E-state index < -0.39 is 22.0 Å². The number of nitrogens with one attached hydrogen (secondary N) is 2. The van der Waals surface area contributed by atoms with Gasteiger partial charge in [-0.25, -0.2) is 22.7 Å². The van der Waals surface area contributed by atoms with Gasteiger partial charge < -0.3 is 18.8 Å². The molecule has 0 radical (unpaired) electrons. The number of hydrogen-bond acceptors (Lipinski definition) is 9. The van der Waals surface area contributed by atoms with Crippen LogP contribution < -0.4 is 19.5 Å². The summed E-state index contributed by atoms with van der Waals surface area (Å²) in [5.41, 5.74) is 0.392. The predicted octanol–water partition coefficient (Wildman–Crippen LogP) is 1.13. The van der Waals surface area contributed by atoms with Crippen molar-refractivity contribution in [1.82, 2.24) is 19.3 Å². The standard InChI is InChI=1S/C18H17N5O7S/c1-28-12-9-13(29-2)20-17(19-12)21-18(25)22-31(26,27)15-10-5-3-4-6-11(10)23-7-8-30-16(24)14(15)23/h3-6,9H,7-8H2,1-2H3,(H2,19,20,21,22,25). The fourth-order valence-electron chi connectivity index (χ4n) is 3.25. The van der Waals surface area contributed by atoms with Crippen molar-refractivity contribution in [1.29, 1.82) is 0 Å². The van der Waals surface area contributed by atoms with Crippen LogP contribution in [0.15, 0.2) is 35.2 Å². The van der Waals surface area contributed by atoms with E-state index in [0.717, 1.165) is 0 Å². The Balaban J connectivity index is 1.69. The molecule has 0 spiro atoms. The molecule has 2 aromatic heterocycles. The lowest BCUT2D eigenvalue weighted by Gasteiger charge is -2.17. The Hall–Kier alpha value is -3.87. The topological polar surface area (TPSA) is 151 Å². The fourth-order valence-corrected chi connectivity index (χ4v) is 4.55. The molecular formula is C18H17N5O7S. The smallest absolute Gasteiger partial charge is 0.356 e. The van der Waals surface area contributed by atoms with Crippen molar-refractivity contribution < 1.29 is 32.2 Å². The third-order valence-electron chi connectivity index (χ3n) is 4.48. The van der Waals surface area contributed by atoms with Gasteiger partial charge in [0.25, 0.3) is 10.0 Å². The molecule has 0 saturated carbocycles. The van der Waals surface area contributed by atoms with Crippen molar-refractivity contribution in [3.05, 3.63) is 36.0 Å². The average Bonchev–Trinajstić information content (AvgIpc) is 3.09. The first-order valence-electron chi connectivity index (χ1n) is 8.93. The van der Waals surface area contributed by atoms with Crippen LogP contribution in [0.1, 0.15) is 10.5 Å². The minimum absolute atomic E-state index is 0.0975. The van der Waals surface area contributed by atoms with Crippen molar-refractivity contribution in [2.24, 2.45) is 0 Å². The number of fused-ring (bicyclic) bond motifs is 3. The zero-order valence-electron chi connectivity index (χ0n) is 16.4. The quantitative estimate of drug-likeness (QED) is 0.548. The summed E-state index contributed by atoms with van der Waals surface area (Å²) in [4.78, 5) is 32.3. The maximum absolute atomic E-state index is 13.1. The molecular weight excluding hydrogens is 430 g/mol. The van der Waals surface area contributed by atoms with E-state index in [0.29, 0.717) is 12.1 Å². The number of urea groups is 1. The van der Waals surface area contributed by atoms with Crippen LogP contribution in [0.3, 0.4) is 0 Å². The second-order valence-electron chi connectivity index (χ2n) is 6.32. The lowest BCUT2D eigenvalue weighted by Crippen LogP contribution is -2.36. The van der Waals surface area contributed by atoms with Crippen molar-refractivity contribution in [3.63, 3.8) is 0 Å². The highest BCUT2D eigenvalue weighted by atomic mass is 32.2. The lowest BCUT2D eigenvalue weighted by atomic mass is 10.2. The number of anilines is 1. The van der Waals surface area contributed by atoms with Gasteiger partial charge >= 0.3 is 12.0 Å². The summed E-state index contributed by atoms with van der Waals surface area (Å²) >= 11 is 0. The number of methoxy groups -OCH3 is 2. The van der Waals surface area contributed by atoms with Gasteiger partial charge in [0.15, 0.2) is 0 Å². The third-order valence-corrected chi connectivity index (χ3v) is 5.89. The van der Waals surface area contributed by atoms with Crippen LogP contribution in [-0.4, -0.2) is 55.8 Å². The monoisotopic (exact) mass is 447 g/mol. The molecule has 3 aromatic rings. The Kier molecular flexibility index (Phi) is 5.10. The summed E-state index contributed by atoms with van der Waals surface area (Å²) in [7, 11) is -1.76. The second kappa shape index (κ2) is 7.75. The maximum Gasteiger partial charge on any atom is 0.356 e. The number of ether oxygens (including phenoxy) is 3. The summed E-state index contributed by atoms with van der Waals surface area (Å²) < 4.78 is 44.6. The average molecular weight is 447 g/mol. The number of nitrogens with zero attached hydrogens (tertiary/aromatic N) is 3. The molecule has 2 amide bonds. The third kappa shape index (κ3) is 3.70. The molecule has 12 nitrogen and oxygen atoms in total. The van der Waals surface area contributed by atoms with Gasteiger partial charge in [0.05, 0.1) is 32.3 Å². The van der Waals surface area contributed by atoms with Crippen LogP contribution in [0.4, 0.5) is 10.7 Å². The first-order valence-corrected chi connectivity index (χ1v) is 10.4. The molecule has 1 aliphatic heterocycles. The van der Waals surface area contributed by atoms with Crippen LogP contribution >= 0.6 is 0 Å². The predicted molar refractivity (Wildman–Crippen MR) is 107 cm³/mol.